The second-order valence-electron chi connectivity index (χ2n) is 6.25. The number of rotatable bonds is 5. The third-order valence-corrected chi connectivity index (χ3v) is 4.93. The number of carbonyl (C=O) groups excluding carboxylic acids is 1. The van der Waals surface area contributed by atoms with Gasteiger partial charge in [0, 0.05) is 24.4 Å². The predicted octanol–water partition coefficient (Wildman–Crippen LogP) is 3.51. The third-order valence-electron chi connectivity index (χ3n) is 4.40. The van der Waals surface area contributed by atoms with Gasteiger partial charge in [-0.2, -0.15) is 0 Å². The van der Waals surface area contributed by atoms with Crippen LogP contribution in [-0.4, -0.2) is 15.5 Å². The fourth-order valence-corrected chi connectivity index (χ4v) is 3.13. The number of aryl methyl sites for hydroxylation is 1. The zero-order chi connectivity index (χ0) is 18.7. The molecule has 1 N–H and O–H groups in total. The topological polar surface area (TPSA) is 64.0 Å². The van der Waals surface area contributed by atoms with Crippen LogP contribution in [0, 0.1) is 0 Å². The molecule has 0 saturated carbocycles. The maximum atomic E-state index is 12.4. The number of carbonyl (C=O) groups is 1. The molecule has 1 amide bonds. The molecule has 134 valence electrons. The van der Waals surface area contributed by atoms with E-state index in [4.69, 9.17) is 0 Å². The van der Waals surface area contributed by atoms with Gasteiger partial charge in [0.25, 0.3) is 5.56 Å². The highest BCUT2D eigenvalue weighted by Crippen LogP contribution is 2.16. The molecule has 0 aliphatic heterocycles. The van der Waals surface area contributed by atoms with Crippen molar-refractivity contribution >= 4 is 32.7 Å². The van der Waals surface area contributed by atoms with Crippen molar-refractivity contribution < 1.29 is 4.79 Å². The molecule has 3 rings (SSSR count). The molecule has 0 fully saturated rings. The van der Waals surface area contributed by atoms with Crippen LogP contribution in [0.2, 0.25) is 0 Å². The first-order valence-electron chi connectivity index (χ1n) is 8.45. The molecule has 3 aromatic rings. The molecule has 6 heteroatoms. The number of hydrogen-bond acceptors (Lipinski definition) is 3. The monoisotopic (exact) mass is 413 g/mol. The summed E-state index contributed by atoms with van der Waals surface area (Å²) in [5.74, 6) is 0.544. The minimum Gasteiger partial charge on any atom is -0.350 e. The first kappa shape index (κ1) is 18.3. The SMILES string of the molecule is C[C@@H](NC(=O)CCc1nc2ccccc2c(=O)n1C)c1ccc(Br)cc1. The molecule has 0 radical (unpaired) electrons. The molecule has 0 aliphatic carbocycles. The summed E-state index contributed by atoms with van der Waals surface area (Å²) in [6, 6.07) is 15.0. The van der Waals surface area contributed by atoms with Crippen LogP contribution in [0.15, 0.2) is 57.8 Å². The standard InChI is InChI=1S/C20H20BrN3O2/c1-13(14-7-9-15(21)10-8-14)22-19(25)12-11-18-23-17-6-4-3-5-16(17)20(26)24(18)2/h3-10,13H,11-12H2,1-2H3,(H,22,25)/t13-/m1/s1. The van der Waals surface area contributed by atoms with Gasteiger partial charge < -0.3 is 5.32 Å². The average Bonchev–Trinajstić information content (AvgIpc) is 2.64. The van der Waals surface area contributed by atoms with E-state index in [1.165, 1.54) is 4.57 Å². The minimum atomic E-state index is -0.0887. The fraction of sp³-hybridized carbons (Fsp3) is 0.250. The molecule has 2 aromatic carbocycles. The number of nitrogens with one attached hydrogen (secondary N) is 1. The average molecular weight is 414 g/mol. The Balaban J connectivity index is 1.68. The summed E-state index contributed by atoms with van der Waals surface area (Å²) in [7, 11) is 1.69. The van der Waals surface area contributed by atoms with Gasteiger partial charge >= 0.3 is 0 Å². The maximum absolute atomic E-state index is 12.4. The van der Waals surface area contributed by atoms with E-state index in [1.54, 1.807) is 13.1 Å². The van der Waals surface area contributed by atoms with Crippen molar-refractivity contribution in [2.75, 3.05) is 0 Å². The summed E-state index contributed by atoms with van der Waals surface area (Å²) in [6.45, 7) is 1.95. The smallest absolute Gasteiger partial charge is 0.261 e. The maximum Gasteiger partial charge on any atom is 0.261 e. The van der Waals surface area contributed by atoms with E-state index < -0.39 is 0 Å². The number of benzene rings is 2. The Morgan fingerprint density at radius 2 is 1.88 bits per heavy atom. The van der Waals surface area contributed by atoms with Crippen molar-refractivity contribution in [2.24, 2.45) is 7.05 Å². The zero-order valence-corrected chi connectivity index (χ0v) is 16.3. The van der Waals surface area contributed by atoms with Crippen molar-refractivity contribution in [1.29, 1.82) is 0 Å². The quantitative estimate of drug-likeness (QED) is 0.695. The van der Waals surface area contributed by atoms with Crippen LogP contribution in [0.3, 0.4) is 0 Å². The second kappa shape index (κ2) is 7.83. The number of aromatic nitrogens is 2. The second-order valence-corrected chi connectivity index (χ2v) is 7.17. The highest BCUT2D eigenvalue weighted by atomic mass is 79.9. The lowest BCUT2D eigenvalue weighted by Crippen LogP contribution is -2.28. The number of hydrogen-bond donors (Lipinski definition) is 1. The van der Waals surface area contributed by atoms with Gasteiger partial charge in [-0.1, -0.05) is 40.2 Å². The lowest BCUT2D eigenvalue weighted by atomic mass is 10.1. The van der Waals surface area contributed by atoms with E-state index in [0.717, 1.165) is 10.0 Å². The molecule has 1 atom stereocenters. The van der Waals surface area contributed by atoms with Crippen LogP contribution in [0.4, 0.5) is 0 Å². The molecule has 0 unspecified atom stereocenters. The summed E-state index contributed by atoms with van der Waals surface area (Å²) in [5, 5.41) is 3.58. The molecular formula is C20H20BrN3O2. The van der Waals surface area contributed by atoms with Crippen molar-refractivity contribution in [2.45, 2.75) is 25.8 Å². The van der Waals surface area contributed by atoms with Crippen molar-refractivity contribution in [3.8, 4) is 0 Å². The normalized spacial score (nSPS) is 12.1. The Hall–Kier alpha value is -2.47. The Morgan fingerprint density at radius 3 is 2.62 bits per heavy atom. The van der Waals surface area contributed by atoms with Gasteiger partial charge in [0.05, 0.1) is 16.9 Å². The van der Waals surface area contributed by atoms with E-state index in [1.807, 2.05) is 49.4 Å². The highest BCUT2D eigenvalue weighted by Gasteiger charge is 2.12. The van der Waals surface area contributed by atoms with E-state index in [2.05, 4.69) is 26.2 Å². The van der Waals surface area contributed by atoms with Crippen molar-refractivity contribution in [1.82, 2.24) is 14.9 Å². The van der Waals surface area contributed by atoms with E-state index in [0.29, 0.717) is 23.1 Å². The Morgan fingerprint density at radius 1 is 1.19 bits per heavy atom. The van der Waals surface area contributed by atoms with Crippen molar-refractivity contribution in [3.05, 3.63) is 74.7 Å². The summed E-state index contributed by atoms with van der Waals surface area (Å²) in [5.41, 5.74) is 1.61. The lowest BCUT2D eigenvalue weighted by molar-refractivity contribution is -0.121. The largest absolute Gasteiger partial charge is 0.350 e. The van der Waals surface area contributed by atoms with Gasteiger partial charge in [-0.3, -0.25) is 14.2 Å². The van der Waals surface area contributed by atoms with Gasteiger partial charge in [0.15, 0.2) is 0 Å². The molecule has 5 nitrogen and oxygen atoms in total. The summed E-state index contributed by atoms with van der Waals surface area (Å²) in [4.78, 5) is 29.2. The van der Waals surface area contributed by atoms with Gasteiger partial charge in [0.1, 0.15) is 5.82 Å². The van der Waals surface area contributed by atoms with Gasteiger partial charge in [0.2, 0.25) is 5.91 Å². The summed E-state index contributed by atoms with van der Waals surface area (Å²) in [6.07, 6.45) is 0.689. The van der Waals surface area contributed by atoms with Gasteiger partial charge in [-0.05, 0) is 36.8 Å². The summed E-state index contributed by atoms with van der Waals surface area (Å²) < 4.78 is 2.52. The highest BCUT2D eigenvalue weighted by molar-refractivity contribution is 9.10. The molecule has 0 bridgehead atoms. The number of fused-ring (bicyclic) bond motifs is 1. The predicted molar refractivity (Wildman–Crippen MR) is 106 cm³/mol. The Labute approximate surface area is 160 Å². The molecule has 1 aromatic heterocycles. The first-order valence-corrected chi connectivity index (χ1v) is 9.24. The molecule has 0 aliphatic rings. The van der Waals surface area contributed by atoms with E-state index in [-0.39, 0.29) is 23.9 Å². The lowest BCUT2D eigenvalue weighted by Gasteiger charge is -2.15. The Bertz CT molecular complexity index is 996. The number of halogens is 1. The fourth-order valence-electron chi connectivity index (χ4n) is 2.86. The van der Waals surface area contributed by atoms with Gasteiger partial charge in [-0.15, -0.1) is 0 Å². The zero-order valence-electron chi connectivity index (χ0n) is 14.7. The van der Waals surface area contributed by atoms with Crippen LogP contribution in [0.25, 0.3) is 10.9 Å². The molecule has 1 heterocycles. The number of amides is 1. The van der Waals surface area contributed by atoms with E-state index in [9.17, 15) is 9.59 Å². The first-order chi connectivity index (χ1) is 12.5. The number of nitrogens with zero attached hydrogens (tertiary/aromatic N) is 2. The van der Waals surface area contributed by atoms with Gasteiger partial charge in [-0.25, -0.2) is 4.98 Å². The minimum absolute atomic E-state index is 0.0668. The molecule has 0 spiro atoms. The summed E-state index contributed by atoms with van der Waals surface area (Å²) >= 11 is 3.40. The van der Waals surface area contributed by atoms with Crippen LogP contribution < -0.4 is 10.9 Å². The molecular weight excluding hydrogens is 394 g/mol. The van der Waals surface area contributed by atoms with Crippen molar-refractivity contribution in [3.63, 3.8) is 0 Å². The number of para-hydroxylation sites is 1. The molecule has 0 saturated heterocycles. The van der Waals surface area contributed by atoms with Crippen LogP contribution >= 0.6 is 15.9 Å². The third kappa shape index (κ3) is 4.02. The van der Waals surface area contributed by atoms with Crippen LogP contribution in [0.1, 0.15) is 30.8 Å². The Kier molecular flexibility index (Phi) is 5.52. The van der Waals surface area contributed by atoms with Crippen LogP contribution in [-0.2, 0) is 18.3 Å². The van der Waals surface area contributed by atoms with E-state index >= 15 is 0 Å². The van der Waals surface area contributed by atoms with Crippen LogP contribution in [0.5, 0.6) is 0 Å². The molecule has 26 heavy (non-hydrogen) atoms.